The summed E-state index contributed by atoms with van der Waals surface area (Å²) in [4.78, 5) is 10.1. The van der Waals surface area contributed by atoms with Crippen molar-refractivity contribution in [2.24, 2.45) is 0 Å². The van der Waals surface area contributed by atoms with E-state index in [0.717, 1.165) is 12.8 Å². The van der Waals surface area contributed by atoms with Gasteiger partial charge in [0.15, 0.2) is 0 Å². The summed E-state index contributed by atoms with van der Waals surface area (Å²) in [7, 11) is 0. The van der Waals surface area contributed by atoms with Crippen molar-refractivity contribution in [3.05, 3.63) is 0 Å². The summed E-state index contributed by atoms with van der Waals surface area (Å²) < 4.78 is 0. The van der Waals surface area contributed by atoms with Gasteiger partial charge >= 0.3 is 5.97 Å². The summed E-state index contributed by atoms with van der Waals surface area (Å²) in [6.45, 7) is 6.20. The normalized spacial score (nSPS) is 9.07. The zero-order chi connectivity index (χ0) is 11.2. The number of carboxylic acids is 1. The van der Waals surface area contributed by atoms with E-state index < -0.39 is 5.97 Å². The molecule has 0 heterocycles. The second-order valence-corrected chi connectivity index (χ2v) is 3.27. The minimum absolute atomic E-state index is 0.341. The van der Waals surface area contributed by atoms with Crippen LogP contribution in [0.3, 0.4) is 0 Å². The van der Waals surface area contributed by atoms with Crippen molar-refractivity contribution >= 4 is 5.97 Å². The standard InChI is InChI=1S/C10H20O2.C2H6/c1-2-3-4-5-6-7-8-9-10(11)12;1-2/h2-9H2,1H3,(H,11,12);1-2H3. The highest BCUT2D eigenvalue weighted by Crippen LogP contribution is 2.07. The Hall–Kier alpha value is -0.530. The fraction of sp³-hybridized carbons (Fsp3) is 0.917. The molecule has 0 aromatic heterocycles. The van der Waals surface area contributed by atoms with Crippen molar-refractivity contribution in [2.75, 3.05) is 0 Å². The summed E-state index contributed by atoms with van der Waals surface area (Å²) >= 11 is 0. The van der Waals surface area contributed by atoms with Crippen LogP contribution in [0.4, 0.5) is 0 Å². The van der Waals surface area contributed by atoms with Gasteiger partial charge < -0.3 is 5.11 Å². The van der Waals surface area contributed by atoms with Crippen LogP contribution in [0.5, 0.6) is 0 Å². The third kappa shape index (κ3) is 17.5. The van der Waals surface area contributed by atoms with E-state index in [1.807, 2.05) is 13.8 Å². The van der Waals surface area contributed by atoms with Crippen LogP contribution in [0, 0.1) is 0 Å². The predicted octanol–water partition coefficient (Wildman–Crippen LogP) is 4.24. The highest BCUT2D eigenvalue weighted by Gasteiger charge is 1.95. The van der Waals surface area contributed by atoms with Crippen molar-refractivity contribution in [3.63, 3.8) is 0 Å². The number of aliphatic carboxylic acids is 1. The highest BCUT2D eigenvalue weighted by molar-refractivity contribution is 5.66. The summed E-state index contributed by atoms with van der Waals surface area (Å²) in [6.07, 6.45) is 8.64. The quantitative estimate of drug-likeness (QED) is 0.598. The van der Waals surface area contributed by atoms with Gasteiger partial charge in [-0.1, -0.05) is 59.3 Å². The van der Waals surface area contributed by atoms with Gasteiger partial charge in [0.05, 0.1) is 0 Å². The fourth-order valence-electron chi connectivity index (χ4n) is 1.23. The van der Waals surface area contributed by atoms with Crippen molar-refractivity contribution in [1.82, 2.24) is 0 Å². The van der Waals surface area contributed by atoms with Crippen LogP contribution in [0.2, 0.25) is 0 Å². The molecule has 0 aliphatic carbocycles. The lowest BCUT2D eigenvalue weighted by Crippen LogP contribution is -1.93. The topological polar surface area (TPSA) is 37.3 Å². The number of carbonyl (C=O) groups is 1. The van der Waals surface area contributed by atoms with E-state index in [2.05, 4.69) is 6.92 Å². The molecule has 2 nitrogen and oxygen atoms in total. The molecule has 0 atom stereocenters. The van der Waals surface area contributed by atoms with Crippen LogP contribution in [0.25, 0.3) is 0 Å². The van der Waals surface area contributed by atoms with Gasteiger partial charge in [0.1, 0.15) is 0 Å². The zero-order valence-electron chi connectivity index (χ0n) is 10.0. The Morgan fingerprint density at radius 3 is 1.79 bits per heavy atom. The number of hydrogen-bond acceptors (Lipinski definition) is 1. The smallest absolute Gasteiger partial charge is 0.303 e. The fourth-order valence-corrected chi connectivity index (χ4v) is 1.23. The van der Waals surface area contributed by atoms with Crippen molar-refractivity contribution < 1.29 is 9.90 Å². The maximum atomic E-state index is 10.1. The Labute approximate surface area is 88.7 Å². The van der Waals surface area contributed by atoms with Crippen LogP contribution in [0.1, 0.15) is 72.1 Å². The summed E-state index contributed by atoms with van der Waals surface area (Å²) in [5, 5.41) is 8.35. The molecule has 0 saturated carbocycles. The van der Waals surface area contributed by atoms with Gasteiger partial charge in [0, 0.05) is 6.42 Å². The van der Waals surface area contributed by atoms with Crippen molar-refractivity contribution in [1.29, 1.82) is 0 Å². The predicted molar refractivity (Wildman–Crippen MR) is 61.6 cm³/mol. The first kappa shape index (κ1) is 15.9. The molecule has 0 spiro atoms. The number of carboxylic acid groups (broad SMARTS) is 1. The summed E-state index contributed by atoms with van der Waals surface area (Å²) in [5.74, 6) is -0.663. The first-order valence-corrected chi connectivity index (χ1v) is 5.99. The minimum atomic E-state index is -0.663. The van der Waals surface area contributed by atoms with E-state index in [9.17, 15) is 4.79 Å². The van der Waals surface area contributed by atoms with Crippen LogP contribution >= 0.6 is 0 Å². The van der Waals surface area contributed by atoms with E-state index in [0.29, 0.717) is 6.42 Å². The molecule has 0 aromatic carbocycles. The SMILES string of the molecule is CC.CCCCCCCCCC(=O)O. The second-order valence-electron chi connectivity index (χ2n) is 3.27. The van der Waals surface area contributed by atoms with Gasteiger partial charge in [0.2, 0.25) is 0 Å². The molecule has 0 fully saturated rings. The van der Waals surface area contributed by atoms with E-state index in [-0.39, 0.29) is 0 Å². The first-order valence-electron chi connectivity index (χ1n) is 5.99. The van der Waals surface area contributed by atoms with Crippen LogP contribution < -0.4 is 0 Å². The van der Waals surface area contributed by atoms with Gasteiger partial charge in [-0.25, -0.2) is 0 Å². The average molecular weight is 202 g/mol. The van der Waals surface area contributed by atoms with E-state index in [1.54, 1.807) is 0 Å². The average Bonchev–Trinajstić information content (AvgIpc) is 2.19. The Balaban J connectivity index is 0. The van der Waals surface area contributed by atoms with Gasteiger partial charge in [-0.15, -0.1) is 0 Å². The molecule has 0 unspecified atom stereocenters. The lowest BCUT2D eigenvalue weighted by molar-refractivity contribution is -0.137. The number of rotatable bonds is 8. The van der Waals surface area contributed by atoms with Gasteiger partial charge in [-0.2, -0.15) is 0 Å². The minimum Gasteiger partial charge on any atom is -0.481 e. The van der Waals surface area contributed by atoms with Crippen LogP contribution in [-0.4, -0.2) is 11.1 Å². The maximum absolute atomic E-state index is 10.1. The molecule has 0 saturated heterocycles. The van der Waals surface area contributed by atoms with Gasteiger partial charge in [-0.3, -0.25) is 4.79 Å². The molecule has 0 amide bonds. The lowest BCUT2D eigenvalue weighted by Gasteiger charge is -1.98. The molecule has 0 radical (unpaired) electrons. The molecule has 0 rings (SSSR count). The molecular weight excluding hydrogens is 176 g/mol. The van der Waals surface area contributed by atoms with E-state index >= 15 is 0 Å². The number of hydrogen-bond donors (Lipinski definition) is 1. The van der Waals surface area contributed by atoms with Crippen molar-refractivity contribution in [3.8, 4) is 0 Å². The Bertz CT molecular complexity index is 111. The Morgan fingerprint density at radius 1 is 0.929 bits per heavy atom. The first-order chi connectivity index (χ1) is 6.77. The molecule has 0 aromatic rings. The van der Waals surface area contributed by atoms with E-state index in [4.69, 9.17) is 5.11 Å². The molecule has 86 valence electrons. The van der Waals surface area contributed by atoms with Crippen molar-refractivity contribution in [2.45, 2.75) is 72.1 Å². The molecule has 2 heteroatoms. The second kappa shape index (κ2) is 15.0. The van der Waals surface area contributed by atoms with Crippen LogP contribution in [-0.2, 0) is 4.79 Å². The Kier molecular flexibility index (Phi) is 17.0. The summed E-state index contributed by atoms with van der Waals surface area (Å²) in [6, 6.07) is 0. The van der Waals surface area contributed by atoms with Crippen LogP contribution in [0.15, 0.2) is 0 Å². The van der Waals surface area contributed by atoms with Gasteiger partial charge in [-0.05, 0) is 6.42 Å². The molecule has 14 heavy (non-hydrogen) atoms. The molecule has 0 aliphatic rings. The Morgan fingerprint density at radius 2 is 1.36 bits per heavy atom. The molecule has 1 N–H and O–H groups in total. The monoisotopic (exact) mass is 202 g/mol. The molecule has 0 bridgehead atoms. The third-order valence-electron chi connectivity index (χ3n) is 1.99. The lowest BCUT2D eigenvalue weighted by atomic mass is 10.1. The van der Waals surface area contributed by atoms with Gasteiger partial charge in [0.25, 0.3) is 0 Å². The molecule has 0 aliphatic heterocycles. The molecular formula is C12H26O2. The number of unbranched alkanes of at least 4 members (excludes halogenated alkanes) is 6. The summed E-state index contributed by atoms with van der Waals surface area (Å²) in [5.41, 5.74) is 0. The maximum Gasteiger partial charge on any atom is 0.303 e. The highest BCUT2D eigenvalue weighted by atomic mass is 16.4. The third-order valence-corrected chi connectivity index (χ3v) is 1.99. The zero-order valence-corrected chi connectivity index (χ0v) is 10.0. The largest absolute Gasteiger partial charge is 0.481 e. The van der Waals surface area contributed by atoms with E-state index in [1.165, 1.54) is 32.1 Å².